The minimum absolute atomic E-state index is 0.0777. The van der Waals surface area contributed by atoms with Crippen LogP contribution in [0.5, 0.6) is 5.75 Å². The molecule has 7 heteroatoms. The van der Waals surface area contributed by atoms with Crippen molar-refractivity contribution in [2.24, 2.45) is 11.8 Å². The lowest BCUT2D eigenvalue weighted by Crippen LogP contribution is -2.27. The molecule has 0 spiro atoms. The fourth-order valence-corrected chi connectivity index (χ4v) is 4.14. The number of halogens is 2. The van der Waals surface area contributed by atoms with Gasteiger partial charge in [0, 0.05) is 22.7 Å². The fraction of sp³-hybridized carbons (Fsp3) is 0.550. The molecule has 1 fully saturated rings. The van der Waals surface area contributed by atoms with Crippen molar-refractivity contribution in [3.63, 3.8) is 0 Å². The third-order valence-electron chi connectivity index (χ3n) is 4.87. The van der Waals surface area contributed by atoms with Crippen molar-refractivity contribution in [3.8, 4) is 5.75 Å². The van der Waals surface area contributed by atoms with E-state index in [-0.39, 0.29) is 30.2 Å². The number of allylic oxidation sites excluding steroid dienone is 2. The average molecular weight is 417 g/mol. The number of ether oxygens (including phenoxy) is 1. The van der Waals surface area contributed by atoms with Gasteiger partial charge in [0.1, 0.15) is 5.75 Å². The van der Waals surface area contributed by atoms with Gasteiger partial charge in [-0.15, -0.1) is 11.6 Å². The topological polar surface area (TPSA) is 87.0 Å². The Bertz CT molecular complexity index is 649. The molecule has 1 aliphatic rings. The third kappa shape index (κ3) is 7.00. The van der Waals surface area contributed by atoms with Gasteiger partial charge in [-0.1, -0.05) is 23.8 Å². The Labute approximate surface area is 169 Å². The molecule has 0 bridgehead atoms. The Hall–Kier alpha value is -1.27. The van der Waals surface area contributed by atoms with Crippen LogP contribution in [0.2, 0.25) is 5.02 Å². The van der Waals surface area contributed by atoms with Crippen LogP contribution >= 0.6 is 23.2 Å². The van der Waals surface area contributed by atoms with Crippen molar-refractivity contribution < 1.29 is 24.9 Å². The van der Waals surface area contributed by atoms with Gasteiger partial charge in [0.15, 0.2) is 0 Å². The molecule has 150 valence electrons. The van der Waals surface area contributed by atoms with E-state index in [1.807, 2.05) is 12.2 Å². The van der Waals surface area contributed by atoms with Crippen LogP contribution in [0.1, 0.15) is 37.7 Å². The largest absolute Gasteiger partial charge is 0.493 e. The van der Waals surface area contributed by atoms with Crippen molar-refractivity contribution in [3.05, 3.63) is 40.9 Å². The predicted octanol–water partition coefficient (Wildman–Crippen LogP) is 4.02. The molecule has 3 N–H and O–H groups in total. The molecular formula is C20H26Cl2O5. The number of hydrogen-bond acceptors (Lipinski definition) is 4. The maximum absolute atomic E-state index is 10.5. The summed E-state index contributed by atoms with van der Waals surface area (Å²) in [5, 5.41) is 28.6. The Balaban J connectivity index is 1.90. The van der Waals surface area contributed by atoms with Crippen molar-refractivity contribution in [1.29, 1.82) is 0 Å². The molecule has 0 amide bonds. The number of aliphatic carboxylic acids is 1. The van der Waals surface area contributed by atoms with Crippen LogP contribution in [0.4, 0.5) is 0 Å². The van der Waals surface area contributed by atoms with Gasteiger partial charge in [0.25, 0.3) is 0 Å². The zero-order valence-electron chi connectivity index (χ0n) is 15.1. The molecule has 1 aromatic carbocycles. The van der Waals surface area contributed by atoms with Gasteiger partial charge in [0.2, 0.25) is 0 Å². The lowest BCUT2D eigenvalue weighted by molar-refractivity contribution is -0.137. The summed E-state index contributed by atoms with van der Waals surface area (Å²) in [6.07, 6.45) is 6.16. The lowest BCUT2D eigenvalue weighted by atomic mass is 9.92. The molecule has 1 saturated carbocycles. The number of carboxylic acid groups (broad SMARTS) is 1. The van der Waals surface area contributed by atoms with Gasteiger partial charge in [0.05, 0.1) is 19.3 Å². The molecular weight excluding hydrogens is 391 g/mol. The van der Waals surface area contributed by atoms with E-state index in [2.05, 4.69) is 0 Å². The summed E-state index contributed by atoms with van der Waals surface area (Å²) < 4.78 is 5.83. The van der Waals surface area contributed by atoms with Crippen LogP contribution < -0.4 is 4.74 Å². The van der Waals surface area contributed by atoms with E-state index in [1.165, 1.54) is 0 Å². The van der Waals surface area contributed by atoms with Crippen LogP contribution in [-0.4, -0.2) is 39.4 Å². The smallest absolute Gasteiger partial charge is 0.303 e. The monoisotopic (exact) mass is 416 g/mol. The molecule has 4 atom stereocenters. The Morgan fingerprint density at radius 1 is 1.26 bits per heavy atom. The molecule has 2 rings (SSSR count). The molecule has 1 aliphatic carbocycles. The van der Waals surface area contributed by atoms with Crippen molar-refractivity contribution in [2.75, 3.05) is 6.61 Å². The van der Waals surface area contributed by atoms with E-state index >= 15 is 0 Å². The molecule has 1 aromatic rings. The minimum atomic E-state index is -0.786. The van der Waals surface area contributed by atoms with Crippen LogP contribution in [0.3, 0.4) is 0 Å². The summed E-state index contributed by atoms with van der Waals surface area (Å²) in [6.45, 7) is 0.190. The second-order valence-electron chi connectivity index (χ2n) is 6.90. The normalized spacial score (nSPS) is 25.2. The minimum Gasteiger partial charge on any atom is -0.493 e. The molecule has 1 unspecified atom stereocenters. The summed E-state index contributed by atoms with van der Waals surface area (Å²) in [6, 6.07) is 5.08. The second kappa shape index (κ2) is 10.9. The molecule has 0 aliphatic heterocycles. The third-order valence-corrected chi connectivity index (χ3v) is 5.59. The standard InChI is InChI=1S/C20H26Cl2O5/c21-14-7-13(11-23)8-15(9-14)27-12-17-16(18(22)10-19(17)24)5-3-1-2-4-6-20(25)26/h1,3,7-9,16-19,23-24H,2,4-6,10-12H2,(H,25,26)/t16-,17-,18?,19-/m1/s1. The average Bonchev–Trinajstić information content (AvgIpc) is 2.88. The number of carboxylic acids is 1. The van der Waals surface area contributed by atoms with Gasteiger partial charge in [-0.3, -0.25) is 4.79 Å². The number of aliphatic hydroxyl groups excluding tert-OH is 2. The lowest BCUT2D eigenvalue weighted by Gasteiger charge is -2.23. The van der Waals surface area contributed by atoms with E-state index in [9.17, 15) is 15.0 Å². The summed E-state index contributed by atoms with van der Waals surface area (Å²) in [7, 11) is 0. The highest BCUT2D eigenvalue weighted by atomic mass is 35.5. The van der Waals surface area contributed by atoms with Crippen LogP contribution in [-0.2, 0) is 11.4 Å². The number of carbonyl (C=O) groups is 1. The zero-order valence-corrected chi connectivity index (χ0v) is 16.6. The van der Waals surface area contributed by atoms with E-state index in [0.29, 0.717) is 48.6 Å². The molecule has 0 saturated heterocycles. The van der Waals surface area contributed by atoms with E-state index < -0.39 is 12.1 Å². The maximum atomic E-state index is 10.5. The van der Waals surface area contributed by atoms with Gasteiger partial charge >= 0.3 is 5.97 Å². The highest BCUT2D eigenvalue weighted by Gasteiger charge is 2.41. The molecule has 0 heterocycles. The first kappa shape index (κ1) is 22.0. The van der Waals surface area contributed by atoms with Crippen LogP contribution in [0.15, 0.2) is 30.4 Å². The Kier molecular flexibility index (Phi) is 8.90. The van der Waals surface area contributed by atoms with Gasteiger partial charge in [-0.2, -0.15) is 0 Å². The second-order valence-corrected chi connectivity index (χ2v) is 7.90. The first-order valence-electron chi connectivity index (χ1n) is 9.12. The summed E-state index contributed by atoms with van der Waals surface area (Å²) >= 11 is 12.4. The molecule has 0 aromatic heterocycles. The number of aliphatic hydroxyl groups is 2. The first-order valence-corrected chi connectivity index (χ1v) is 9.94. The number of alkyl halides is 1. The summed E-state index contributed by atoms with van der Waals surface area (Å²) in [4.78, 5) is 10.5. The molecule has 27 heavy (non-hydrogen) atoms. The van der Waals surface area contributed by atoms with Crippen molar-refractivity contribution in [2.45, 2.75) is 50.2 Å². The first-order chi connectivity index (χ1) is 12.9. The number of unbranched alkanes of at least 4 members (excludes halogenated alkanes) is 1. The van der Waals surface area contributed by atoms with E-state index in [1.54, 1.807) is 18.2 Å². The van der Waals surface area contributed by atoms with Crippen LogP contribution in [0, 0.1) is 11.8 Å². The van der Waals surface area contributed by atoms with Gasteiger partial charge in [-0.25, -0.2) is 0 Å². The summed E-state index contributed by atoms with van der Waals surface area (Å²) in [5.74, 6) is -0.257. The van der Waals surface area contributed by atoms with E-state index in [0.717, 1.165) is 0 Å². The van der Waals surface area contributed by atoms with Crippen molar-refractivity contribution >= 4 is 29.2 Å². The summed E-state index contributed by atoms with van der Waals surface area (Å²) in [5.41, 5.74) is 0.667. The van der Waals surface area contributed by atoms with E-state index in [4.69, 9.17) is 33.0 Å². The number of benzene rings is 1. The highest BCUT2D eigenvalue weighted by molar-refractivity contribution is 6.30. The zero-order chi connectivity index (χ0) is 19.8. The van der Waals surface area contributed by atoms with Crippen LogP contribution in [0.25, 0.3) is 0 Å². The Morgan fingerprint density at radius 2 is 2.04 bits per heavy atom. The molecule has 0 radical (unpaired) electrons. The van der Waals surface area contributed by atoms with Gasteiger partial charge < -0.3 is 20.1 Å². The highest BCUT2D eigenvalue weighted by Crippen LogP contribution is 2.39. The number of rotatable bonds is 10. The Morgan fingerprint density at radius 3 is 2.74 bits per heavy atom. The quantitative estimate of drug-likeness (QED) is 0.304. The SMILES string of the molecule is O=C(O)CCCC=CC[C@H]1C(Cl)C[C@@H](O)[C@@H]1COc1cc(Cl)cc(CO)c1. The molecule has 5 nitrogen and oxygen atoms in total. The van der Waals surface area contributed by atoms with Gasteiger partial charge in [-0.05, 0) is 55.4 Å². The van der Waals surface area contributed by atoms with Crippen molar-refractivity contribution in [1.82, 2.24) is 0 Å². The fourth-order valence-electron chi connectivity index (χ4n) is 3.42. The predicted molar refractivity (Wildman–Crippen MR) is 105 cm³/mol. The number of hydrogen-bond donors (Lipinski definition) is 3. The maximum Gasteiger partial charge on any atom is 0.303 e.